The predicted molar refractivity (Wildman–Crippen MR) is 80.9 cm³/mol. The molecule has 3 rings (SSSR count). The largest absolute Gasteiger partial charge is 0.341 e. The number of likely N-dealkylation sites (tertiary alicyclic amines) is 1. The molecule has 2 aliphatic heterocycles. The molecule has 0 bridgehead atoms. The van der Waals surface area contributed by atoms with E-state index in [1.807, 2.05) is 43.0 Å². The Hall–Kier alpha value is -1.06. The highest BCUT2D eigenvalue weighted by Gasteiger charge is 2.42. The molecule has 0 radical (unpaired) electrons. The zero-order chi connectivity index (χ0) is 14.3. The van der Waals surface area contributed by atoms with E-state index in [0.29, 0.717) is 16.9 Å². The van der Waals surface area contributed by atoms with Gasteiger partial charge in [0.15, 0.2) is 0 Å². The van der Waals surface area contributed by atoms with Crippen molar-refractivity contribution in [1.29, 1.82) is 0 Å². The van der Waals surface area contributed by atoms with Crippen molar-refractivity contribution in [3.63, 3.8) is 0 Å². The molecule has 0 unspecified atom stereocenters. The molecule has 0 spiro atoms. The summed E-state index contributed by atoms with van der Waals surface area (Å²) < 4.78 is 0. The summed E-state index contributed by atoms with van der Waals surface area (Å²) >= 11 is 6.06. The minimum atomic E-state index is -0.517. The van der Waals surface area contributed by atoms with E-state index in [0.717, 1.165) is 31.7 Å². The molecule has 2 fully saturated rings. The van der Waals surface area contributed by atoms with Crippen molar-refractivity contribution in [3.05, 3.63) is 34.9 Å². The molecule has 1 aromatic carbocycles. The Balaban J connectivity index is 1.79. The standard InChI is InChI=1S/C16H21ClN2O/c1-16(2,13-4-3-5-14(17)6-13)15(20)19-9-11-7-18-8-12(11)10-19/h3-6,11-12,18H,7-10H2,1-2H3/t11-,12+. The quantitative estimate of drug-likeness (QED) is 0.907. The first-order chi connectivity index (χ1) is 9.48. The lowest BCUT2D eigenvalue weighted by atomic mass is 9.83. The summed E-state index contributed by atoms with van der Waals surface area (Å²) in [6, 6.07) is 7.65. The van der Waals surface area contributed by atoms with Gasteiger partial charge in [-0.25, -0.2) is 0 Å². The Bertz CT molecular complexity index is 517. The number of fused-ring (bicyclic) bond motifs is 1. The summed E-state index contributed by atoms with van der Waals surface area (Å²) in [5.74, 6) is 1.48. The minimum absolute atomic E-state index is 0.217. The van der Waals surface area contributed by atoms with Crippen molar-refractivity contribution in [2.75, 3.05) is 26.2 Å². The van der Waals surface area contributed by atoms with E-state index in [-0.39, 0.29) is 5.91 Å². The van der Waals surface area contributed by atoms with Crippen LogP contribution in [0.4, 0.5) is 0 Å². The third-order valence-corrected chi connectivity index (χ3v) is 4.99. The summed E-state index contributed by atoms with van der Waals surface area (Å²) in [5, 5.41) is 4.09. The van der Waals surface area contributed by atoms with E-state index < -0.39 is 5.41 Å². The van der Waals surface area contributed by atoms with Crippen LogP contribution >= 0.6 is 11.6 Å². The summed E-state index contributed by atoms with van der Waals surface area (Å²) in [6.45, 7) is 7.86. The molecule has 1 aromatic rings. The second kappa shape index (κ2) is 5.05. The number of benzene rings is 1. The molecule has 4 heteroatoms. The molecule has 2 atom stereocenters. The van der Waals surface area contributed by atoms with Gasteiger partial charge < -0.3 is 10.2 Å². The van der Waals surface area contributed by atoms with E-state index >= 15 is 0 Å². The van der Waals surface area contributed by atoms with E-state index in [1.165, 1.54) is 0 Å². The maximum absolute atomic E-state index is 12.9. The molecule has 3 nitrogen and oxygen atoms in total. The fraction of sp³-hybridized carbons (Fsp3) is 0.562. The van der Waals surface area contributed by atoms with Gasteiger partial charge in [0.1, 0.15) is 0 Å². The first-order valence-corrected chi connectivity index (χ1v) is 7.62. The number of nitrogens with one attached hydrogen (secondary N) is 1. The minimum Gasteiger partial charge on any atom is -0.341 e. The summed E-state index contributed by atoms with van der Waals surface area (Å²) in [7, 11) is 0. The van der Waals surface area contributed by atoms with Crippen molar-refractivity contribution in [1.82, 2.24) is 10.2 Å². The summed E-state index contributed by atoms with van der Waals surface area (Å²) in [5.41, 5.74) is 0.474. The van der Waals surface area contributed by atoms with Crippen LogP contribution in [-0.4, -0.2) is 37.0 Å². The molecular weight excluding hydrogens is 272 g/mol. The Morgan fingerprint density at radius 2 is 1.95 bits per heavy atom. The molecule has 108 valence electrons. The van der Waals surface area contributed by atoms with Crippen LogP contribution in [0.1, 0.15) is 19.4 Å². The number of amides is 1. The topological polar surface area (TPSA) is 32.3 Å². The van der Waals surface area contributed by atoms with Crippen LogP contribution < -0.4 is 5.32 Å². The normalized spacial score (nSPS) is 25.9. The van der Waals surface area contributed by atoms with Crippen molar-refractivity contribution in [3.8, 4) is 0 Å². The molecular formula is C16H21ClN2O. The average molecular weight is 293 g/mol. The molecule has 2 aliphatic rings. The summed E-state index contributed by atoms with van der Waals surface area (Å²) in [6.07, 6.45) is 0. The molecule has 2 heterocycles. The maximum atomic E-state index is 12.9. The number of rotatable bonds is 2. The molecule has 20 heavy (non-hydrogen) atoms. The number of carbonyl (C=O) groups excluding carboxylic acids is 1. The van der Waals surface area contributed by atoms with Crippen LogP contribution in [0.15, 0.2) is 24.3 Å². The monoisotopic (exact) mass is 292 g/mol. The fourth-order valence-corrected chi connectivity index (χ4v) is 3.61. The van der Waals surface area contributed by atoms with E-state index in [4.69, 9.17) is 11.6 Å². The van der Waals surface area contributed by atoms with Crippen LogP contribution in [-0.2, 0) is 10.2 Å². The van der Waals surface area contributed by atoms with Gasteiger partial charge in [0, 0.05) is 31.2 Å². The van der Waals surface area contributed by atoms with Crippen molar-refractivity contribution < 1.29 is 4.79 Å². The molecule has 2 saturated heterocycles. The van der Waals surface area contributed by atoms with E-state index in [2.05, 4.69) is 5.32 Å². The van der Waals surface area contributed by atoms with Gasteiger partial charge in [-0.1, -0.05) is 23.7 Å². The van der Waals surface area contributed by atoms with Crippen LogP contribution in [0.5, 0.6) is 0 Å². The Kier molecular flexibility index (Phi) is 3.51. The van der Waals surface area contributed by atoms with Crippen molar-refractivity contribution in [2.45, 2.75) is 19.3 Å². The van der Waals surface area contributed by atoms with Gasteiger partial charge in [0.25, 0.3) is 0 Å². The van der Waals surface area contributed by atoms with E-state index in [1.54, 1.807) is 0 Å². The second-order valence-electron chi connectivity index (χ2n) is 6.52. The summed E-state index contributed by atoms with van der Waals surface area (Å²) in [4.78, 5) is 14.9. The number of carbonyl (C=O) groups is 1. The molecule has 1 N–H and O–H groups in total. The highest BCUT2D eigenvalue weighted by molar-refractivity contribution is 6.30. The van der Waals surface area contributed by atoms with Gasteiger partial charge >= 0.3 is 0 Å². The molecule has 1 amide bonds. The van der Waals surface area contributed by atoms with Crippen LogP contribution in [0, 0.1) is 11.8 Å². The SMILES string of the molecule is CC(C)(C(=O)N1C[C@H]2CNC[C@H]2C1)c1cccc(Cl)c1. The van der Waals surface area contributed by atoms with Crippen molar-refractivity contribution in [2.24, 2.45) is 11.8 Å². The van der Waals surface area contributed by atoms with Crippen LogP contribution in [0.2, 0.25) is 5.02 Å². The second-order valence-corrected chi connectivity index (χ2v) is 6.96. The molecule has 0 saturated carbocycles. The maximum Gasteiger partial charge on any atom is 0.232 e. The van der Waals surface area contributed by atoms with Crippen molar-refractivity contribution >= 4 is 17.5 Å². The lowest BCUT2D eigenvalue weighted by Gasteiger charge is -2.30. The predicted octanol–water partition coefficient (Wildman–Crippen LogP) is 2.30. The Morgan fingerprint density at radius 3 is 2.55 bits per heavy atom. The third kappa shape index (κ3) is 2.33. The first-order valence-electron chi connectivity index (χ1n) is 7.24. The van der Waals surface area contributed by atoms with E-state index in [9.17, 15) is 4.79 Å². The third-order valence-electron chi connectivity index (χ3n) is 4.76. The van der Waals surface area contributed by atoms with Crippen LogP contribution in [0.25, 0.3) is 0 Å². The highest BCUT2D eigenvalue weighted by atomic mass is 35.5. The lowest BCUT2D eigenvalue weighted by molar-refractivity contribution is -0.135. The van der Waals surface area contributed by atoms with Crippen LogP contribution in [0.3, 0.4) is 0 Å². The smallest absolute Gasteiger partial charge is 0.232 e. The highest BCUT2D eigenvalue weighted by Crippen LogP contribution is 2.33. The number of nitrogens with zero attached hydrogens (tertiary/aromatic N) is 1. The number of hydrogen-bond donors (Lipinski definition) is 1. The van der Waals surface area contributed by atoms with Gasteiger partial charge in [-0.15, -0.1) is 0 Å². The Labute approximate surface area is 125 Å². The first kappa shape index (κ1) is 13.9. The van der Waals surface area contributed by atoms with Gasteiger partial charge in [-0.3, -0.25) is 4.79 Å². The zero-order valence-electron chi connectivity index (χ0n) is 12.0. The van der Waals surface area contributed by atoms with Gasteiger partial charge in [-0.05, 0) is 43.4 Å². The Morgan fingerprint density at radius 1 is 1.30 bits per heavy atom. The van der Waals surface area contributed by atoms with Gasteiger partial charge in [0.05, 0.1) is 5.41 Å². The lowest BCUT2D eigenvalue weighted by Crippen LogP contribution is -2.43. The average Bonchev–Trinajstić information content (AvgIpc) is 2.98. The number of halogens is 1. The molecule has 0 aromatic heterocycles. The van der Waals surface area contributed by atoms with Gasteiger partial charge in [0.2, 0.25) is 5.91 Å². The fourth-order valence-electron chi connectivity index (χ4n) is 3.42. The molecule has 0 aliphatic carbocycles. The van der Waals surface area contributed by atoms with Gasteiger partial charge in [-0.2, -0.15) is 0 Å². The number of hydrogen-bond acceptors (Lipinski definition) is 2. The zero-order valence-corrected chi connectivity index (χ0v) is 12.8.